The molecule has 3 rings (SSSR count). The number of hydrogen-bond donors (Lipinski definition) is 0. The van der Waals surface area contributed by atoms with Crippen LogP contribution in [0.4, 0.5) is 0 Å². The van der Waals surface area contributed by atoms with E-state index in [0.29, 0.717) is 28.7 Å². The highest BCUT2D eigenvalue weighted by atomic mass is 16.5. The Morgan fingerprint density at radius 1 is 0.880 bits per heavy atom. The van der Waals surface area contributed by atoms with Crippen LogP contribution in [0.15, 0.2) is 34.7 Å². The minimum absolute atomic E-state index is 0.0499. The second kappa shape index (κ2) is 6.31. The molecule has 5 nitrogen and oxygen atoms in total. The van der Waals surface area contributed by atoms with Crippen molar-refractivity contribution in [2.24, 2.45) is 0 Å². The first-order valence-corrected chi connectivity index (χ1v) is 8.09. The normalized spacial score (nSPS) is 11.6. The average Bonchev–Trinajstić information content (AvgIpc) is 3.02. The molecule has 0 aliphatic rings. The average molecular weight is 341 g/mol. The highest BCUT2D eigenvalue weighted by molar-refractivity contribution is 5.80. The van der Waals surface area contributed by atoms with Crippen molar-refractivity contribution in [3.05, 3.63) is 35.9 Å². The Bertz CT molecular complexity index is 906. The molecule has 0 unspecified atom stereocenters. The van der Waals surface area contributed by atoms with E-state index in [1.54, 1.807) is 21.3 Å². The van der Waals surface area contributed by atoms with Gasteiger partial charge in [-0.2, -0.15) is 0 Å². The molecule has 3 aromatic rings. The van der Waals surface area contributed by atoms with Gasteiger partial charge in [-0.25, -0.2) is 4.98 Å². The van der Waals surface area contributed by atoms with Gasteiger partial charge in [-0.05, 0) is 35.2 Å². The molecule has 5 heteroatoms. The molecular weight excluding hydrogens is 318 g/mol. The van der Waals surface area contributed by atoms with E-state index in [2.05, 4.69) is 37.9 Å². The summed E-state index contributed by atoms with van der Waals surface area (Å²) in [6.45, 7) is 6.52. The zero-order chi connectivity index (χ0) is 18.2. The molecule has 0 spiro atoms. The summed E-state index contributed by atoms with van der Waals surface area (Å²) in [7, 11) is 4.75. The number of rotatable bonds is 4. The van der Waals surface area contributed by atoms with Crippen molar-refractivity contribution in [3.8, 4) is 28.7 Å². The van der Waals surface area contributed by atoms with Gasteiger partial charge in [0.1, 0.15) is 5.52 Å². The zero-order valence-electron chi connectivity index (χ0n) is 15.5. The third-order valence-electron chi connectivity index (χ3n) is 4.19. The lowest BCUT2D eigenvalue weighted by atomic mass is 9.87. The third kappa shape index (κ3) is 3.02. The molecule has 0 atom stereocenters. The number of hydrogen-bond acceptors (Lipinski definition) is 5. The van der Waals surface area contributed by atoms with E-state index < -0.39 is 0 Å². The predicted molar refractivity (Wildman–Crippen MR) is 97.8 cm³/mol. The van der Waals surface area contributed by atoms with Crippen molar-refractivity contribution in [2.45, 2.75) is 26.2 Å². The number of nitrogens with zero attached hydrogens (tertiary/aromatic N) is 1. The zero-order valence-corrected chi connectivity index (χ0v) is 15.5. The number of fused-ring (bicyclic) bond motifs is 1. The van der Waals surface area contributed by atoms with Gasteiger partial charge in [0.2, 0.25) is 11.6 Å². The van der Waals surface area contributed by atoms with Crippen LogP contribution in [0.1, 0.15) is 26.3 Å². The van der Waals surface area contributed by atoms with Crippen LogP contribution in [-0.2, 0) is 5.41 Å². The van der Waals surface area contributed by atoms with Crippen molar-refractivity contribution in [3.63, 3.8) is 0 Å². The molecule has 0 N–H and O–H groups in total. The molecule has 0 bridgehead atoms. The summed E-state index contributed by atoms with van der Waals surface area (Å²) in [4.78, 5) is 4.65. The molecule has 132 valence electrons. The molecule has 0 radical (unpaired) electrons. The Hall–Kier alpha value is -2.69. The van der Waals surface area contributed by atoms with Crippen LogP contribution in [0.3, 0.4) is 0 Å². The summed E-state index contributed by atoms with van der Waals surface area (Å²) in [5.41, 5.74) is 3.53. The fourth-order valence-electron chi connectivity index (χ4n) is 2.78. The van der Waals surface area contributed by atoms with Crippen LogP contribution < -0.4 is 14.2 Å². The lowest BCUT2D eigenvalue weighted by Gasteiger charge is -2.18. The van der Waals surface area contributed by atoms with Crippen LogP contribution >= 0.6 is 0 Å². The quantitative estimate of drug-likeness (QED) is 0.681. The molecule has 0 saturated heterocycles. The Morgan fingerprint density at radius 3 is 2.20 bits per heavy atom. The Balaban J connectivity index is 2.16. The Labute approximate surface area is 147 Å². The van der Waals surface area contributed by atoms with E-state index >= 15 is 0 Å². The smallest absolute Gasteiger partial charge is 0.231 e. The maximum atomic E-state index is 5.95. The Morgan fingerprint density at radius 2 is 1.60 bits per heavy atom. The van der Waals surface area contributed by atoms with Gasteiger partial charge in [-0.3, -0.25) is 0 Å². The lowest BCUT2D eigenvalue weighted by Crippen LogP contribution is -2.10. The highest BCUT2D eigenvalue weighted by Crippen LogP contribution is 2.44. The molecular formula is C20H23NO4. The molecule has 1 aromatic heterocycles. The molecule has 1 heterocycles. The minimum atomic E-state index is 0.0499. The van der Waals surface area contributed by atoms with E-state index in [0.717, 1.165) is 11.1 Å². The van der Waals surface area contributed by atoms with Gasteiger partial charge >= 0.3 is 0 Å². The van der Waals surface area contributed by atoms with E-state index in [4.69, 9.17) is 18.6 Å². The first kappa shape index (κ1) is 17.1. The fraction of sp³-hybridized carbons (Fsp3) is 0.350. The first-order chi connectivity index (χ1) is 11.9. The summed E-state index contributed by atoms with van der Waals surface area (Å²) in [6.07, 6.45) is 0. The molecule has 0 amide bonds. The van der Waals surface area contributed by atoms with Crippen LogP contribution in [0.5, 0.6) is 17.2 Å². The van der Waals surface area contributed by atoms with Crippen molar-refractivity contribution in [1.29, 1.82) is 0 Å². The SMILES string of the molecule is COc1ccc(-c2nc3cc(C(C)(C)C)ccc3o2)c(OC)c1OC. The standard InChI is InChI=1S/C20H23NO4/c1-20(2,3)12-7-9-15-14(11-12)21-19(25-15)13-8-10-16(22-4)18(24-6)17(13)23-5/h7-11H,1-6H3. The van der Waals surface area contributed by atoms with Gasteiger partial charge in [0.05, 0.1) is 26.9 Å². The number of aromatic nitrogens is 1. The summed E-state index contributed by atoms with van der Waals surface area (Å²) in [5, 5.41) is 0. The molecule has 0 aliphatic carbocycles. The van der Waals surface area contributed by atoms with Crippen molar-refractivity contribution in [2.75, 3.05) is 21.3 Å². The second-order valence-electron chi connectivity index (χ2n) is 6.83. The summed E-state index contributed by atoms with van der Waals surface area (Å²) in [5.74, 6) is 2.12. The van der Waals surface area contributed by atoms with Crippen LogP contribution in [0, 0.1) is 0 Å². The van der Waals surface area contributed by atoms with Gasteiger partial charge in [0, 0.05) is 0 Å². The number of ether oxygens (including phenoxy) is 3. The molecule has 0 saturated carbocycles. The van der Waals surface area contributed by atoms with E-state index in [1.165, 1.54) is 5.56 Å². The fourth-order valence-corrected chi connectivity index (χ4v) is 2.78. The van der Waals surface area contributed by atoms with E-state index in [-0.39, 0.29) is 5.41 Å². The third-order valence-corrected chi connectivity index (χ3v) is 4.19. The van der Waals surface area contributed by atoms with Gasteiger partial charge in [0.15, 0.2) is 17.1 Å². The molecule has 0 fully saturated rings. The molecule has 2 aromatic carbocycles. The first-order valence-electron chi connectivity index (χ1n) is 8.09. The Kier molecular flexibility index (Phi) is 4.33. The van der Waals surface area contributed by atoms with Crippen molar-refractivity contribution >= 4 is 11.1 Å². The highest BCUT2D eigenvalue weighted by Gasteiger charge is 2.21. The molecule has 25 heavy (non-hydrogen) atoms. The van der Waals surface area contributed by atoms with Crippen molar-refractivity contribution in [1.82, 2.24) is 4.98 Å². The molecule has 0 aliphatic heterocycles. The van der Waals surface area contributed by atoms with E-state index in [9.17, 15) is 0 Å². The monoisotopic (exact) mass is 341 g/mol. The summed E-state index contributed by atoms with van der Waals surface area (Å²) < 4.78 is 22.2. The number of methoxy groups -OCH3 is 3. The largest absolute Gasteiger partial charge is 0.493 e. The van der Waals surface area contributed by atoms with Gasteiger partial charge in [0.25, 0.3) is 0 Å². The van der Waals surface area contributed by atoms with Crippen LogP contribution in [-0.4, -0.2) is 26.3 Å². The summed E-state index contributed by atoms with van der Waals surface area (Å²) in [6, 6.07) is 9.76. The lowest BCUT2D eigenvalue weighted by molar-refractivity contribution is 0.324. The summed E-state index contributed by atoms with van der Waals surface area (Å²) >= 11 is 0. The van der Waals surface area contributed by atoms with Gasteiger partial charge in [-0.15, -0.1) is 0 Å². The van der Waals surface area contributed by atoms with E-state index in [1.807, 2.05) is 18.2 Å². The van der Waals surface area contributed by atoms with Crippen LogP contribution in [0.25, 0.3) is 22.6 Å². The van der Waals surface area contributed by atoms with Crippen LogP contribution in [0.2, 0.25) is 0 Å². The van der Waals surface area contributed by atoms with Gasteiger partial charge < -0.3 is 18.6 Å². The second-order valence-corrected chi connectivity index (χ2v) is 6.83. The topological polar surface area (TPSA) is 53.7 Å². The minimum Gasteiger partial charge on any atom is -0.493 e. The van der Waals surface area contributed by atoms with Crippen molar-refractivity contribution < 1.29 is 18.6 Å². The maximum absolute atomic E-state index is 5.95. The number of benzene rings is 2. The van der Waals surface area contributed by atoms with Gasteiger partial charge in [-0.1, -0.05) is 26.8 Å². The predicted octanol–water partition coefficient (Wildman–Crippen LogP) is 4.82. The maximum Gasteiger partial charge on any atom is 0.231 e. The number of oxazole rings is 1.